The molecule has 1 atom stereocenters. The Morgan fingerprint density at radius 2 is 2.03 bits per heavy atom. The number of amides is 1. The molecule has 0 bridgehead atoms. The maximum absolute atomic E-state index is 12.9. The van der Waals surface area contributed by atoms with Crippen LogP contribution in [0.1, 0.15) is 29.7 Å². The van der Waals surface area contributed by atoms with E-state index in [1.807, 2.05) is 36.2 Å². The van der Waals surface area contributed by atoms with E-state index >= 15 is 0 Å². The van der Waals surface area contributed by atoms with Gasteiger partial charge in [-0.2, -0.15) is 0 Å². The fraction of sp³-hybridized carbons (Fsp3) is 0.375. The number of ether oxygens (including phenoxy) is 3. The molecule has 3 aromatic rings. The minimum absolute atomic E-state index is 0.00164. The molecule has 4 rings (SSSR count). The summed E-state index contributed by atoms with van der Waals surface area (Å²) in [5.41, 5.74) is 4.59. The molecular weight excluding hydrogens is 380 g/mol. The third kappa shape index (κ3) is 3.75. The van der Waals surface area contributed by atoms with E-state index in [0.717, 1.165) is 23.3 Å². The number of benzene rings is 2. The van der Waals surface area contributed by atoms with E-state index in [-0.39, 0.29) is 18.6 Å². The minimum atomic E-state index is -0.0966. The van der Waals surface area contributed by atoms with Crippen LogP contribution in [0.15, 0.2) is 42.6 Å². The topological polar surface area (TPSA) is 63.8 Å². The van der Waals surface area contributed by atoms with Gasteiger partial charge in [0.1, 0.15) is 6.61 Å². The molecular formula is C24H28N2O4. The summed E-state index contributed by atoms with van der Waals surface area (Å²) in [6.07, 6.45) is 3.53. The van der Waals surface area contributed by atoms with Crippen molar-refractivity contribution in [3.63, 3.8) is 0 Å². The Hall–Kier alpha value is -2.99. The van der Waals surface area contributed by atoms with Crippen molar-refractivity contribution < 1.29 is 19.0 Å². The monoisotopic (exact) mass is 408 g/mol. The number of carbonyl (C=O) groups excluding carboxylic acids is 1. The number of hydrogen-bond donors (Lipinski definition) is 1. The van der Waals surface area contributed by atoms with Crippen LogP contribution < -0.4 is 9.47 Å². The summed E-state index contributed by atoms with van der Waals surface area (Å²) in [5, 5.41) is 1.18. The number of aromatic amines is 1. The van der Waals surface area contributed by atoms with Gasteiger partial charge in [-0.3, -0.25) is 4.79 Å². The van der Waals surface area contributed by atoms with Crippen molar-refractivity contribution in [1.29, 1.82) is 0 Å². The first-order valence-corrected chi connectivity index (χ1v) is 10.3. The maximum Gasteiger partial charge on any atom is 0.249 e. The lowest BCUT2D eigenvalue weighted by molar-refractivity contribution is -0.138. The van der Waals surface area contributed by atoms with E-state index in [4.69, 9.17) is 14.2 Å². The summed E-state index contributed by atoms with van der Waals surface area (Å²) in [5.74, 6) is 1.45. The number of H-pyrrole nitrogens is 1. The van der Waals surface area contributed by atoms with Crippen LogP contribution in [0, 0.1) is 0 Å². The van der Waals surface area contributed by atoms with Crippen molar-refractivity contribution in [3.05, 3.63) is 59.3 Å². The van der Waals surface area contributed by atoms with E-state index in [1.54, 1.807) is 14.2 Å². The minimum Gasteiger partial charge on any atom is -0.493 e. The molecule has 2 aromatic carbocycles. The van der Waals surface area contributed by atoms with Gasteiger partial charge in [0.15, 0.2) is 11.5 Å². The van der Waals surface area contributed by atoms with Crippen LogP contribution in [0.3, 0.4) is 0 Å². The molecule has 1 aromatic heterocycles. The van der Waals surface area contributed by atoms with E-state index in [2.05, 4.69) is 23.2 Å². The number of nitrogens with one attached hydrogen (secondary N) is 1. The normalized spacial score (nSPS) is 15.8. The zero-order chi connectivity index (χ0) is 21.1. The number of nitrogens with zero attached hydrogens (tertiary/aromatic N) is 1. The SMILES string of the molecule is CCOc1cc2c(cc1OC)CCN(C(=O)COC)[C@@H]2Cc1c[nH]c2ccccc12. The Labute approximate surface area is 176 Å². The van der Waals surface area contributed by atoms with Crippen LogP contribution >= 0.6 is 0 Å². The van der Waals surface area contributed by atoms with Crippen LogP contribution in [0.5, 0.6) is 11.5 Å². The van der Waals surface area contributed by atoms with Gasteiger partial charge in [-0.1, -0.05) is 18.2 Å². The molecule has 1 amide bonds. The Morgan fingerprint density at radius 1 is 1.20 bits per heavy atom. The fourth-order valence-corrected chi connectivity index (χ4v) is 4.37. The van der Waals surface area contributed by atoms with Gasteiger partial charge < -0.3 is 24.1 Å². The lowest BCUT2D eigenvalue weighted by Crippen LogP contribution is -2.42. The van der Waals surface area contributed by atoms with Crippen molar-refractivity contribution in [3.8, 4) is 11.5 Å². The fourth-order valence-electron chi connectivity index (χ4n) is 4.37. The van der Waals surface area contributed by atoms with Crippen LogP contribution in [0.4, 0.5) is 0 Å². The molecule has 30 heavy (non-hydrogen) atoms. The standard InChI is InChI=1S/C24H28N2O4/c1-4-30-23-13-19-16(12-22(23)29-3)9-10-26(24(27)15-28-2)21(19)11-17-14-25-20-8-6-5-7-18(17)20/h5-8,12-14,21,25H,4,9-11,15H2,1-3H3/t21-/m1/s1. The molecule has 0 aliphatic carbocycles. The van der Waals surface area contributed by atoms with E-state index < -0.39 is 0 Å². The summed E-state index contributed by atoms with van der Waals surface area (Å²) in [7, 11) is 3.22. The molecule has 6 nitrogen and oxygen atoms in total. The molecule has 6 heteroatoms. The second-order valence-electron chi connectivity index (χ2n) is 7.48. The summed E-state index contributed by atoms with van der Waals surface area (Å²) in [4.78, 5) is 18.2. The van der Waals surface area contributed by atoms with Gasteiger partial charge in [0.2, 0.25) is 5.91 Å². The van der Waals surface area contributed by atoms with E-state index in [1.165, 1.54) is 16.5 Å². The van der Waals surface area contributed by atoms with Gasteiger partial charge in [-0.05, 0) is 54.7 Å². The highest BCUT2D eigenvalue weighted by molar-refractivity contribution is 5.83. The van der Waals surface area contributed by atoms with Gasteiger partial charge in [0.05, 0.1) is 19.8 Å². The highest BCUT2D eigenvalue weighted by Gasteiger charge is 2.32. The number of hydrogen-bond acceptors (Lipinski definition) is 4. The average molecular weight is 408 g/mol. The maximum atomic E-state index is 12.9. The van der Waals surface area contributed by atoms with Crippen LogP contribution in [-0.4, -0.2) is 49.8 Å². The largest absolute Gasteiger partial charge is 0.493 e. The summed E-state index contributed by atoms with van der Waals surface area (Å²) >= 11 is 0. The van der Waals surface area contributed by atoms with Crippen molar-refractivity contribution in [2.45, 2.75) is 25.8 Å². The summed E-state index contributed by atoms with van der Waals surface area (Å²) in [6.45, 7) is 3.23. The molecule has 0 saturated carbocycles. The summed E-state index contributed by atoms with van der Waals surface area (Å²) < 4.78 is 16.5. The quantitative estimate of drug-likeness (QED) is 0.644. The molecule has 1 N–H and O–H groups in total. The van der Waals surface area contributed by atoms with Crippen molar-refractivity contribution in [1.82, 2.24) is 9.88 Å². The van der Waals surface area contributed by atoms with E-state index in [9.17, 15) is 4.79 Å². The van der Waals surface area contributed by atoms with Crippen LogP contribution in [-0.2, 0) is 22.4 Å². The third-order valence-electron chi connectivity index (χ3n) is 5.76. The number of aromatic nitrogens is 1. The van der Waals surface area contributed by atoms with Gasteiger partial charge in [0, 0.05) is 30.8 Å². The molecule has 0 saturated heterocycles. The molecule has 2 heterocycles. The zero-order valence-electron chi connectivity index (χ0n) is 17.7. The average Bonchev–Trinajstić information content (AvgIpc) is 3.17. The third-order valence-corrected chi connectivity index (χ3v) is 5.76. The highest BCUT2D eigenvalue weighted by atomic mass is 16.5. The molecule has 0 unspecified atom stereocenters. The molecule has 0 radical (unpaired) electrons. The van der Waals surface area contributed by atoms with Crippen molar-refractivity contribution in [2.24, 2.45) is 0 Å². The highest BCUT2D eigenvalue weighted by Crippen LogP contribution is 2.40. The molecule has 0 spiro atoms. The number of methoxy groups -OCH3 is 2. The Bertz CT molecular complexity index is 1040. The zero-order valence-corrected chi connectivity index (χ0v) is 17.7. The first-order chi connectivity index (χ1) is 14.7. The lowest BCUT2D eigenvalue weighted by atomic mass is 9.88. The number of rotatable bonds is 7. The molecule has 1 aliphatic rings. The Balaban J connectivity index is 1.78. The Morgan fingerprint density at radius 3 is 2.80 bits per heavy atom. The first kappa shape index (κ1) is 20.3. The number of fused-ring (bicyclic) bond motifs is 2. The summed E-state index contributed by atoms with van der Waals surface area (Å²) in [6, 6.07) is 12.3. The number of para-hydroxylation sites is 1. The second kappa shape index (κ2) is 8.79. The van der Waals surface area contributed by atoms with Gasteiger partial charge in [0.25, 0.3) is 0 Å². The van der Waals surface area contributed by atoms with Gasteiger partial charge >= 0.3 is 0 Å². The molecule has 0 fully saturated rings. The van der Waals surface area contributed by atoms with Crippen molar-refractivity contribution >= 4 is 16.8 Å². The first-order valence-electron chi connectivity index (χ1n) is 10.3. The van der Waals surface area contributed by atoms with Crippen LogP contribution in [0.2, 0.25) is 0 Å². The Kier molecular flexibility index (Phi) is 5.95. The van der Waals surface area contributed by atoms with Crippen LogP contribution in [0.25, 0.3) is 10.9 Å². The lowest BCUT2D eigenvalue weighted by Gasteiger charge is -2.38. The van der Waals surface area contributed by atoms with E-state index in [0.29, 0.717) is 25.3 Å². The van der Waals surface area contributed by atoms with Gasteiger partial charge in [-0.15, -0.1) is 0 Å². The predicted molar refractivity (Wildman–Crippen MR) is 116 cm³/mol. The number of carbonyl (C=O) groups is 1. The molecule has 158 valence electrons. The smallest absolute Gasteiger partial charge is 0.249 e. The second-order valence-corrected chi connectivity index (χ2v) is 7.48. The van der Waals surface area contributed by atoms with Crippen molar-refractivity contribution in [2.75, 3.05) is 34.0 Å². The predicted octanol–water partition coefficient (Wildman–Crippen LogP) is 3.89. The molecule has 1 aliphatic heterocycles. The van der Waals surface area contributed by atoms with Gasteiger partial charge in [-0.25, -0.2) is 0 Å².